The smallest absolute Gasteiger partial charge is 0.331 e. The molecule has 2 aromatic carbocycles. The summed E-state index contributed by atoms with van der Waals surface area (Å²) in [6, 6.07) is 12.4. The van der Waals surface area contributed by atoms with Crippen LogP contribution in [0.4, 0.5) is 0 Å². The van der Waals surface area contributed by atoms with Gasteiger partial charge in [0.1, 0.15) is 18.1 Å². The first-order chi connectivity index (χ1) is 13.5. The average Bonchev–Trinajstić information content (AvgIpc) is 2.70. The van der Waals surface area contributed by atoms with Crippen LogP contribution in [0.3, 0.4) is 0 Å². The summed E-state index contributed by atoms with van der Waals surface area (Å²) in [5, 5.41) is 27.7. The van der Waals surface area contributed by atoms with Gasteiger partial charge >= 0.3 is 11.9 Å². The Kier molecular flexibility index (Phi) is 7.80. The zero-order chi connectivity index (χ0) is 20.4. The minimum absolute atomic E-state index is 0.112. The first-order valence-corrected chi connectivity index (χ1v) is 8.38. The van der Waals surface area contributed by atoms with E-state index in [1.807, 2.05) is 0 Å². The topological polar surface area (TPSA) is 113 Å². The molecule has 2 rings (SSSR count). The number of aliphatic hydroxyl groups excluding tert-OH is 1. The molecule has 0 spiro atoms. The van der Waals surface area contributed by atoms with E-state index in [0.29, 0.717) is 11.1 Å². The number of benzene rings is 2. The number of hydrogen-bond donors (Lipinski definition) is 3. The Morgan fingerprint density at radius 2 is 1.29 bits per heavy atom. The Morgan fingerprint density at radius 3 is 1.75 bits per heavy atom. The van der Waals surface area contributed by atoms with Crippen LogP contribution in [0.1, 0.15) is 11.1 Å². The van der Waals surface area contributed by atoms with Crippen molar-refractivity contribution in [2.75, 3.05) is 13.2 Å². The number of phenolic OH excluding ortho intramolecular Hbond substituents is 2. The molecule has 0 amide bonds. The Balaban J connectivity index is 1.79. The zero-order valence-electron chi connectivity index (χ0n) is 14.9. The standard InChI is InChI=1S/C21H20O7/c22-13-19(28-21(26)12-6-16-3-9-18(24)10-4-16)14-27-20(25)11-5-15-1-7-17(23)8-2-15/h1-12,19,22-24H,13-14H2/t19-/m0/s1. The van der Waals surface area contributed by atoms with Gasteiger partial charge in [-0.1, -0.05) is 24.3 Å². The number of aliphatic hydroxyl groups is 1. The maximum atomic E-state index is 11.8. The number of aromatic hydroxyl groups is 2. The molecule has 0 aliphatic rings. The average molecular weight is 384 g/mol. The van der Waals surface area contributed by atoms with Crippen LogP contribution in [-0.4, -0.2) is 46.6 Å². The van der Waals surface area contributed by atoms with Gasteiger partial charge in [0.05, 0.1) is 6.61 Å². The van der Waals surface area contributed by atoms with Crippen LogP contribution in [-0.2, 0) is 19.1 Å². The molecule has 146 valence electrons. The van der Waals surface area contributed by atoms with Gasteiger partial charge < -0.3 is 24.8 Å². The van der Waals surface area contributed by atoms with Gasteiger partial charge in [-0.2, -0.15) is 0 Å². The molecule has 1 atom stereocenters. The summed E-state index contributed by atoms with van der Waals surface area (Å²) in [7, 11) is 0. The lowest BCUT2D eigenvalue weighted by Crippen LogP contribution is -2.27. The van der Waals surface area contributed by atoms with Gasteiger partial charge in [0, 0.05) is 12.2 Å². The van der Waals surface area contributed by atoms with Crippen molar-refractivity contribution in [1.82, 2.24) is 0 Å². The quantitative estimate of drug-likeness (QED) is 0.473. The zero-order valence-corrected chi connectivity index (χ0v) is 14.9. The van der Waals surface area contributed by atoms with E-state index in [1.54, 1.807) is 24.3 Å². The summed E-state index contributed by atoms with van der Waals surface area (Å²) >= 11 is 0. The molecule has 0 unspecified atom stereocenters. The van der Waals surface area contributed by atoms with E-state index in [0.717, 1.165) is 0 Å². The Labute approximate surface area is 161 Å². The number of rotatable bonds is 8. The van der Waals surface area contributed by atoms with Crippen molar-refractivity contribution < 1.29 is 34.4 Å². The molecule has 3 N–H and O–H groups in total. The molecule has 2 aromatic rings. The fourth-order valence-corrected chi connectivity index (χ4v) is 2.05. The van der Waals surface area contributed by atoms with Crippen molar-refractivity contribution in [3.63, 3.8) is 0 Å². The number of carbonyl (C=O) groups is 2. The van der Waals surface area contributed by atoms with Crippen molar-refractivity contribution in [2.45, 2.75) is 6.10 Å². The molecule has 0 aliphatic carbocycles. The minimum Gasteiger partial charge on any atom is -0.508 e. The highest BCUT2D eigenvalue weighted by Gasteiger charge is 2.14. The van der Waals surface area contributed by atoms with E-state index in [4.69, 9.17) is 9.47 Å². The van der Waals surface area contributed by atoms with Crippen molar-refractivity contribution in [3.05, 3.63) is 71.8 Å². The molecule has 0 aromatic heterocycles. The number of carbonyl (C=O) groups excluding carboxylic acids is 2. The Bertz CT molecular complexity index is 836. The van der Waals surface area contributed by atoms with E-state index < -0.39 is 24.6 Å². The largest absolute Gasteiger partial charge is 0.508 e. The van der Waals surface area contributed by atoms with Crippen LogP contribution in [0.25, 0.3) is 12.2 Å². The second-order valence-electron chi connectivity index (χ2n) is 5.72. The van der Waals surface area contributed by atoms with Gasteiger partial charge in [0.25, 0.3) is 0 Å². The van der Waals surface area contributed by atoms with Gasteiger partial charge in [-0.05, 0) is 47.5 Å². The molecule has 0 bridgehead atoms. The Morgan fingerprint density at radius 1 is 0.821 bits per heavy atom. The van der Waals surface area contributed by atoms with Gasteiger partial charge in [-0.25, -0.2) is 9.59 Å². The van der Waals surface area contributed by atoms with E-state index in [2.05, 4.69) is 0 Å². The summed E-state index contributed by atoms with van der Waals surface area (Å²) in [5.41, 5.74) is 1.38. The number of phenols is 2. The van der Waals surface area contributed by atoms with Gasteiger partial charge in [0.15, 0.2) is 6.10 Å². The fraction of sp³-hybridized carbons (Fsp3) is 0.143. The lowest BCUT2D eigenvalue weighted by Gasteiger charge is -2.13. The summed E-state index contributed by atoms with van der Waals surface area (Å²) in [6.45, 7) is -0.804. The summed E-state index contributed by atoms with van der Waals surface area (Å²) in [5.74, 6) is -1.14. The third kappa shape index (κ3) is 7.35. The van der Waals surface area contributed by atoms with Crippen LogP contribution >= 0.6 is 0 Å². The number of hydrogen-bond acceptors (Lipinski definition) is 7. The predicted molar refractivity (Wildman–Crippen MR) is 102 cm³/mol. The summed E-state index contributed by atoms with van der Waals surface area (Å²) in [4.78, 5) is 23.5. The van der Waals surface area contributed by atoms with Crippen molar-refractivity contribution in [1.29, 1.82) is 0 Å². The molecular weight excluding hydrogens is 364 g/mol. The highest BCUT2D eigenvalue weighted by Crippen LogP contribution is 2.12. The van der Waals surface area contributed by atoms with Crippen molar-refractivity contribution in [2.24, 2.45) is 0 Å². The molecule has 7 heteroatoms. The van der Waals surface area contributed by atoms with E-state index in [1.165, 1.54) is 48.6 Å². The highest BCUT2D eigenvalue weighted by atomic mass is 16.6. The molecule has 7 nitrogen and oxygen atoms in total. The van der Waals surface area contributed by atoms with Crippen molar-refractivity contribution >= 4 is 24.1 Å². The third-order valence-electron chi connectivity index (χ3n) is 3.51. The number of ether oxygens (including phenoxy) is 2. The SMILES string of the molecule is O=C(C=Cc1ccc(O)cc1)OC[C@H](CO)OC(=O)C=Cc1ccc(O)cc1. The van der Waals surface area contributed by atoms with E-state index >= 15 is 0 Å². The van der Waals surface area contributed by atoms with Crippen LogP contribution in [0.5, 0.6) is 11.5 Å². The molecule has 0 fully saturated rings. The van der Waals surface area contributed by atoms with E-state index in [-0.39, 0.29) is 18.1 Å². The first kappa shape index (κ1) is 20.7. The second kappa shape index (κ2) is 10.5. The summed E-state index contributed by atoms with van der Waals surface area (Å²) in [6.07, 6.45) is 4.35. The molecule has 28 heavy (non-hydrogen) atoms. The van der Waals surface area contributed by atoms with Crippen LogP contribution in [0.15, 0.2) is 60.7 Å². The van der Waals surface area contributed by atoms with Crippen molar-refractivity contribution in [3.8, 4) is 11.5 Å². The molecule has 0 saturated carbocycles. The van der Waals surface area contributed by atoms with Gasteiger partial charge in [0.2, 0.25) is 0 Å². The summed E-state index contributed by atoms with van der Waals surface area (Å²) < 4.78 is 9.97. The van der Waals surface area contributed by atoms with Crippen LogP contribution in [0.2, 0.25) is 0 Å². The van der Waals surface area contributed by atoms with Crippen LogP contribution < -0.4 is 0 Å². The van der Waals surface area contributed by atoms with Gasteiger partial charge in [-0.3, -0.25) is 0 Å². The second-order valence-corrected chi connectivity index (χ2v) is 5.72. The molecule has 0 radical (unpaired) electrons. The molecule has 0 saturated heterocycles. The lowest BCUT2D eigenvalue weighted by atomic mass is 10.2. The normalized spacial score (nSPS) is 12.2. The number of esters is 2. The highest BCUT2D eigenvalue weighted by molar-refractivity contribution is 5.88. The monoisotopic (exact) mass is 384 g/mol. The predicted octanol–water partition coefficient (Wildman–Crippen LogP) is 2.27. The van der Waals surface area contributed by atoms with Gasteiger partial charge in [-0.15, -0.1) is 0 Å². The minimum atomic E-state index is -0.997. The first-order valence-electron chi connectivity index (χ1n) is 8.38. The molecular formula is C21H20O7. The Hall–Kier alpha value is -3.58. The maximum absolute atomic E-state index is 11.8. The lowest BCUT2D eigenvalue weighted by molar-refractivity contribution is -0.154. The van der Waals surface area contributed by atoms with E-state index in [9.17, 15) is 24.9 Å². The fourth-order valence-electron chi connectivity index (χ4n) is 2.05. The molecule has 0 heterocycles. The maximum Gasteiger partial charge on any atom is 0.331 e. The van der Waals surface area contributed by atoms with Crippen LogP contribution in [0, 0.1) is 0 Å². The molecule has 0 aliphatic heterocycles. The third-order valence-corrected chi connectivity index (χ3v) is 3.51.